The van der Waals surface area contributed by atoms with Crippen LogP contribution < -0.4 is 5.32 Å². The topological polar surface area (TPSA) is 46.9 Å². The highest BCUT2D eigenvalue weighted by Crippen LogP contribution is 2.49. The SMILES string of the molecule is C=CCn1c(SCC(=O)NC(C)C2CC3CCC2C3)nc2ccccc21. The number of rotatable bonds is 7. The van der Waals surface area contributed by atoms with Crippen LogP contribution in [0.25, 0.3) is 11.0 Å². The first-order valence-corrected chi connectivity index (χ1v) is 10.6. The van der Waals surface area contributed by atoms with Crippen molar-refractivity contribution < 1.29 is 4.79 Å². The van der Waals surface area contributed by atoms with Crippen LogP contribution in [0.5, 0.6) is 0 Å². The van der Waals surface area contributed by atoms with Gasteiger partial charge in [-0.15, -0.1) is 6.58 Å². The van der Waals surface area contributed by atoms with Gasteiger partial charge in [-0.05, 0) is 56.1 Å². The molecule has 1 N–H and O–H groups in total. The Morgan fingerprint density at radius 2 is 2.27 bits per heavy atom. The minimum atomic E-state index is 0.113. The lowest BCUT2D eigenvalue weighted by Crippen LogP contribution is -2.40. The Bertz CT molecular complexity index is 815. The number of para-hydroxylation sites is 2. The maximum absolute atomic E-state index is 12.5. The number of nitrogens with zero attached hydrogens (tertiary/aromatic N) is 2. The average molecular weight is 370 g/mol. The van der Waals surface area contributed by atoms with Crippen molar-refractivity contribution in [1.82, 2.24) is 14.9 Å². The Hall–Kier alpha value is -1.75. The van der Waals surface area contributed by atoms with E-state index in [9.17, 15) is 4.79 Å². The molecule has 1 amide bonds. The van der Waals surface area contributed by atoms with E-state index in [1.165, 1.54) is 37.4 Å². The van der Waals surface area contributed by atoms with E-state index in [0.29, 0.717) is 18.2 Å². The molecule has 4 unspecified atom stereocenters. The van der Waals surface area contributed by atoms with Crippen LogP contribution in [0.1, 0.15) is 32.6 Å². The zero-order chi connectivity index (χ0) is 18.1. The van der Waals surface area contributed by atoms with E-state index in [0.717, 1.165) is 28.0 Å². The van der Waals surface area contributed by atoms with Crippen LogP contribution in [0.2, 0.25) is 0 Å². The number of carbonyl (C=O) groups excluding carboxylic acids is 1. The first kappa shape index (κ1) is 17.7. The largest absolute Gasteiger partial charge is 0.353 e. The molecule has 2 aliphatic carbocycles. The first-order chi connectivity index (χ1) is 12.7. The number of fused-ring (bicyclic) bond motifs is 3. The predicted molar refractivity (Wildman–Crippen MR) is 107 cm³/mol. The third-order valence-electron chi connectivity index (χ3n) is 6.09. The van der Waals surface area contributed by atoms with E-state index in [2.05, 4.69) is 34.4 Å². The first-order valence-electron chi connectivity index (χ1n) is 9.64. The van der Waals surface area contributed by atoms with Crippen LogP contribution in [0, 0.1) is 17.8 Å². The van der Waals surface area contributed by atoms with Gasteiger partial charge in [-0.25, -0.2) is 4.98 Å². The highest BCUT2D eigenvalue weighted by Gasteiger charge is 2.42. The second-order valence-corrected chi connectivity index (χ2v) is 8.71. The number of nitrogens with one attached hydrogen (secondary N) is 1. The number of hydrogen-bond acceptors (Lipinski definition) is 3. The summed E-state index contributed by atoms with van der Waals surface area (Å²) in [7, 11) is 0. The summed E-state index contributed by atoms with van der Waals surface area (Å²) in [6.07, 6.45) is 7.31. The molecule has 1 heterocycles. The summed E-state index contributed by atoms with van der Waals surface area (Å²) < 4.78 is 2.12. The van der Waals surface area contributed by atoms with Gasteiger partial charge in [-0.1, -0.05) is 36.4 Å². The fourth-order valence-corrected chi connectivity index (χ4v) is 5.74. The zero-order valence-electron chi connectivity index (χ0n) is 15.4. The van der Waals surface area contributed by atoms with Crippen molar-refractivity contribution in [3.63, 3.8) is 0 Å². The van der Waals surface area contributed by atoms with Gasteiger partial charge >= 0.3 is 0 Å². The molecule has 2 fully saturated rings. The standard InChI is InChI=1S/C21H27N3OS/c1-3-10-24-19-7-5-4-6-18(19)23-21(24)26-13-20(25)22-14(2)17-12-15-8-9-16(17)11-15/h3-7,14-17H,1,8-13H2,2H3,(H,22,25). The lowest BCUT2D eigenvalue weighted by Gasteiger charge is -2.28. The van der Waals surface area contributed by atoms with Crippen LogP contribution in [0.4, 0.5) is 0 Å². The number of amides is 1. The van der Waals surface area contributed by atoms with Crippen molar-refractivity contribution in [3.8, 4) is 0 Å². The monoisotopic (exact) mass is 369 g/mol. The summed E-state index contributed by atoms with van der Waals surface area (Å²) in [5.41, 5.74) is 2.05. The predicted octanol–water partition coefficient (Wildman–Crippen LogP) is 4.26. The second kappa shape index (κ2) is 7.47. The smallest absolute Gasteiger partial charge is 0.230 e. The summed E-state index contributed by atoms with van der Waals surface area (Å²) in [5.74, 6) is 2.94. The van der Waals surface area contributed by atoms with Crippen LogP contribution in [-0.2, 0) is 11.3 Å². The van der Waals surface area contributed by atoms with Crippen molar-refractivity contribution in [1.29, 1.82) is 0 Å². The molecule has 4 nitrogen and oxygen atoms in total. The maximum atomic E-state index is 12.5. The van der Waals surface area contributed by atoms with Gasteiger partial charge in [0, 0.05) is 12.6 Å². The van der Waals surface area contributed by atoms with Gasteiger partial charge in [0.15, 0.2) is 5.16 Å². The lowest BCUT2D eigenvalue weighted by atomic mass is 9.84. The molecule has 0 aliphatic heterocycles. The van der Waals surface area contributed by atoms with Crippen molar-refractivity contribution in [2.45, 2.75) is 50.4 Å². The van der Waals surface area contributed by atoms with E-state index < -0.39 is 0 Å². The molecule has 5 heteroatoms. The molecule has 4 rings (SSSR count). The van der Waals surface area contributed by atoms with E-state index >= 15 is 0 Å². The number of imidazole rings is 1. The molecule has 2 saturated carbocycles. The molecule has 26 heavy (non-hydrogen) atoms. The minimum absolute atomic E-state index is 0.113. The van der Waals surface area contributed by atoms with Gasteiger partial charge in [0.05, 0.1) is 16.8 Å². The lowest BCUT2D eigenvalue weighted by molar-refractivity contribution is -0.119. The quantitative estimate of drug-likeness (QED) is 0.586. The number of hydrogen-bond donors (Lipinski definition) is 1. The Labute approximate surface area is 159 Å². The summed E-state index contributed by atoms with van der Waals surface area (Å²) in [6.45, 7) is 6.73. The number of benzene rings is 1. The molecule has 2 aromatic rings. The average Bonchev–Trinajstić information content (AvgIpc) is 3.35. The molecule has 2 aliphatic rings. The molecule has 1 aromatic carbocycles. The van der Waals surface area contributed by atoms with Crippen LogP contribution in [0.15, 0.2) is 42.1 Å². The van der Waals surface area contributed by atoms with Crippen molar-refractivity contribution >= 4 is 28.7 Å². The number of aromatic nitrogens is 2. The van der Waals surface area contributed by atoms with Crippen molar-refractivity contribution in [3.05, 3.63) is 36.9 Å². The van der Waals surface area contributed by atoms with Gasteiger partial charge in [0.2, 0.25) is 5.91 Å². The molecule has 2 bridgehead atoms. The Balaban J connectivity index is 1.37. The van der Waals surface area contributed by atoms with Crippen LogP contribution in [-0.4, -0.2) is 27.3 Å². The number of allylic oxidation sites excluding steroid dienone is 1. The Morgan fingerprint density at radius 3 is 3.00 bits per heavy atom. The number of thioether (sulfide) groups is 1. The van der Waals surface area contributed by atoms with Crippen molar-refractivity contribution in [2.75, 3.05) is 5.75 Å². The van der Waals surface area contributed by atoms with Gasteiger partial charge < -0.3 is 9.88 Å². The molecular formula is C21H27N3OS. The summed E-state index contributed by atoms with van der Waals surface area (Å²) in [6, 6.07) is 8.36. The fourth-order valence-electron chi connectivity index (χ4n) is 4.91. The molecule has 138 valence electrons. The Morgan fingerprint density at radius 1 is 1.42 bits per heavy atom. The van der Waals surface area contributed by atoms with Crippen LogP contribution >= 0.6 is 11.8 Å². The van der Waals surface area contributed by atoms with Crippen LogP contribution in [0.3, 0.4) is 0 Å². The summed E-state index contributed by atoms with van der Waals surface area (Å²) in [4.78, 5) is 17.2. The maximum Gasteiger partial charge on any atom is 0.230 e. The van der Waals surface area contributed by atoms with Gasteiger partial charge in [-0.3, -0.25) is 4.79 Å². The molecule has 1 aromatic heterocycles. The van der Waals surface area contributed by atoms with E-state index in [-0.39, 0.29) is 11.9 Å². The highest BCUT2D eigenvalue weighted by molar-refractivity contribution is 7.99. The minimum Gasteiger partial charge on any atom is -0.353 e. The molecule has 0 saturated heterocycles. The van der Waals surface area contributed by atoms with Gasteiger partial charge in [0.1, 0.15) is 0 Å². The normalized spacial score (nSPS) is 25.5. The summed E-state index contributed by atoms with van der Waals surface area (Å²) in [5, 5.41) is 4.13. The van der Waals surface area contributed by atoms with E-state index in [1.54, 1.807) is 0 Å². The summed E-state index contributed by atoms with van der Waals surface area (Å²) >= 11 is 1.51. The third-order valence-corrected chi connectivity index (χ3v) is 7.06. The van der Waals surface area contributed by atoms with E-state index in [1.807, 2.05) is 24.3 Å². The molecule has 0 spiro atoms. The zero-order valence-corrected chi connectivity index (χ0v) is 16.2. The Kier molecular flexibility index (Phi) is 5.07. The number of carbonyl (C=O) groups is 1. The molecular weight excluding hydrogens is 342 g/mol. The molecule has 0 radical (unpaired) electrons. The molecule has 4 atom stereocenters. The third kappa shape index (κ3) is 3.41. The van der Waals surface area contributed by atoms with Crippen molar-refractivity contribution in [2.24, 2.45) is 17.8 Å². The van der Waals surface area contributed by atoms with E-state index in [4.69, 9.17) is 0 Å². The highest BCUT2D eigenvalue weighted by atomic mass is 32.2. The fraction of sp³-hybridized carbons (Fsp3) is 0.524. The van der Waals surface area contributed by atoms with Gasteiger partial charge in [0.25, 0.3) is 0 Å². The van der Waals surface area contributed by atoms with Gasteiger partial charge in [-0.2, -0.15) is 0 Å². The second-order valence-electron chi connectivity index (χ2n) is 7.77.